The fourth-order valence-corrected chi connectivity index (χ4v) is 2.58. The summed E-state index contributed by atoms with van der Waals surface area (Å²) in [7, 11) is 6.24. The second-order valence-electron chi connectivity index (χ2n) is 4.77. The highest BCUT2D eigenvalue weighted by Crippen LogP contribution is 2.28. The SMILES string of the molecule is CCNc1nc(N(C)CCN(C)C)c2ccsc2n1. The molecule has 0 aliphatic heterocycles. The largest absolute Gasteiger partial charge is 0.358 e. The van der Waals surface area contributed by atoms with Crippen LogP contribution in [-0.2, 0) is 0 Å². The van der Waals surface area contributed by atoms with Crippen LogP contribution in [-0.4, -0.2) is 55.6 Å². The van der Waals surface area contributed by atoms with Crippen LogP contribution < -0.4 is 10.2 Å². The molecule has 1 N–H and O–H groups in total. The molecule has 0 fully saturated rings. The molecule has 104 valence electrons. The highest BCUT2D eigenvalue weighted by molar-refractivity contribution is 7.16. The Balaban J connectivity index is 2.31. The Bertz CT molecular complexity index is 537. The Morgan fingerprint density at radius 3 is 2.68 bits per heavy atom. The molecule has 0 saturated heterocycles. The van der Waals surface area contributed by atoms with Gasteiger partial charge in [-0.25, -0.2) is 4.98 Å². The van der Waals surface area contributed by atoms with Crippen LogP contribution in [0.1, 0.15) is 6.92 Å². The van der Waals surface area contributed by atoms with Gasteiger partial charge in [0.25, 0.3) is 0 Å². The van der Waals surface area contributed by atoms with Crippen LogP contribution in [0, 0.1) is 0 Å². The predicted octanol–water partition coefficient (Wildman–Crippen LogP) is 2.12. The van der Waals surface area contributed by atoms with Crippen molar-refractivity contribution in [3.05, 3.63) is 11.4 Å². The van der Waals surface area contributed by atoms with Gasteiger partial charge < -0.3 is 15.1 Å². The lowest BCUT2D eigenvalue weighted by molar-refractivity contribution is 0.416. The minimum absolute atomic E-state index is 0.712. The smallest absolute Gasteiger partial charge is 0.226 e. The molecule has 0 spiro atoms. The Morgan fingerprint density at radius 2 is 2.00 bits per heavy atom. The van der Waals surface area contributed by atoms with Gasteiger partial charge in [0.05, 0.1) is 5.39 Å². The van der Waals surface area contributed by atoms with E-state index in [9.17, 15) is 0 Å². The molecule has 0 aromatic carbocycles. The zero-order valence-electron chi connectivity index (χ0n) is 12.0. The number of hydrogen-bond donors (Lipinski definition) is 1. The molecule has 0 radical (unpaired) electrons. The van der Waals surface area contributed by atoms with Crippen LogP contribution in [0.3, 0.4) is 0 Å². The van der Waals surface area contributed by atoms with Crippen molar-refractivity contribution in [3.8, 4) is 0 Å². The first-order valence-corrected chi connectivity index (χ1v) is 7.34. The number of thiophene rings is 1. The van der Waals surface area contributed by atoms with Crippen LogP contribution in [0.2, 0.25) is 0 Å². The molecule has 2 rings (SSSR count). The molecule has 0 aliphatic rings. The Kier molecular flexibility index (Phi) is 4.55. The summed E-state index contributed by atoms with van der Waals surface area (Å²) >= 11 is 1.66. The fraction of sp³-hybridized carbons (Fsp3) is 0.538. The molecule has 5 nitrogen and oxygen atoms in total. The molecule has 2 aromatic heterocycles. The van der Waals surface area contributed by atoms with E-state index in [0.29, 0.717) is 5.95 Å². The van der Waals surface area contributed by atoms with Crippen LogP contribution in [0.25, 0.3) is 10.2 Å². The molecule has 0 saturated carbocycles. The fourth-order valence-electron chi connectivity index (χ4n) is 1.82. The summed E-state index contributed by atoms with van der Waals surface area (Å²) in [6, 6.07) is 2.09. The topological polar surface area (TPSA) is 44.3 Å². The van der Waals surface area contributed by atoms with Crippen molar-refractivity contribution in [3.63, 3.8) is 0 Å². The summed E-state index contributed by atoms with van der Waals surface area (Å²) in [6.07, 6.45) is 0. The molecule has 2 heterocycles. The Hall–Kier alpha value is -1.40. The average Bonchev–Trinajstić information content (AvgIpc) is 2.83. The molecule has 6 heteroatoms. The van der Waals surface area contributed by atoms with Crippen molar-refractivity contribution >= 4 is 33.3 Å². The molecule has 0 bridgehead atoms. The summed E-state index contributed by atoms with van der Waals surface area (Å²) in [5.41, 5.74) is 0. The summed E-state index contributed by atoms with van der Waals surface area (Å²) in [5.74, 6) is 1.72. The van der Waals surface area contributed by atoms with Gasteiger partial charge in [-0.1, -0.05) is 0 Å². The molecule has 19 heavy (non-hydrogen) atoms. The molecule has 2 aromatic rings. The first-order chi connectivity index (χ1) is 9.11. The average molecular weight is 279 g/mol. The van der Waals surface area contributed by atoms with Gasteiger partial charge in [0, 0.05) is 26.7 Å². The normalized spacial score (nSPS) is 11.2. The van der Waals surface area contributed by atoms with Gasteiger partial charge in [-0.2, -0.15) is 4.98 Å². The number of fused-ring (bicyclic) bond motifs is 1. The second-order valence-corrected chi connectivity index (χ2v) is 5.66. The van der Waals surface area contributed by atoms with E-state index in [0.717, 1.165) is 35.7 Å². The lowest BCUT2D eigenvalue weighted by Gasteiger charge is -2.21. The van der Waals surface area contributed by atoms with E-state index in [-0.39, 0.29) is 0 Å². The first kappa shape index (κ1) is 14.0. The van der Waals surface area contributed by atoms with Gasteiger partial charge in [0.2, 0.25) is 5.95 Å². The van der Waals surface area contributed by atoms with Crippen molar-refractivity contribution in [2.24, 2.45) is 0 Å². The molecule has 0 amide bonds. The summed E-state index contributed by atoms with van der Waals surface area (Å²) in [6.45, 7) is 4.83. The van der Waals surface area contributed by atoms with Crippen molar-refractivity contribution in [2.75, 3.05) is 51.0 Å². The molecule has 0 unspecified atom stereocenters. The van der Waals surface area contributed by atoms with Crippen molar-refractivity contribution in [1.29, 1.82) is 0 Å². The van der Waals surface area contributed by atoms with Crippen molar-refractivity contribution in [1.82, 2.24) is 14.9 Å². The van der Waals surface area contributed by atoms with Crippen LogP contribution in [0.15, 0.2) is 11.4 Å². The van der Waals surface area contributed by atoms with Gasteiger partial charge in [-0.15, -0.1) is 11.3 Å². The third-order valence-electron chi connectivity index (χ3n) is 2.88. The van der Waals surface area contributed by atoms with Crippen LogP contribution in [0.4, 0.5) is 11.8 Å². The number of rotatable bonds is 6. The maximum absolute atomic E-state index is 4.63. The highest BCUT2D eigenvalue weighted by Gasteiger charge is 2.12. The maximum Gasteiger partial charge on any atom is 0.226 e. The third kappa shape index (κ3) is 3.33. The molecule has 0 atom stereocenters. The first-order valence-electron chi connectivity index (χ1n) is 6.46. The van der Waals surface area contributed by atoms with Crippen LogP contribution in [0.5, 0.6) is 0 Å². The number of nitrogens with zero attached hydrogens (tertiary/aromatic N) is 4. The standard InChI is InChI=1S/C13H21N5S/c1-5-14-13-15-11(18(4)8-7-17(2)3)10-6-9-19-12(10)16-13/h6,9H,5,7-8H2,1-4H3,(H,14,15,16). The van der Waals surface area contributed by atoms with E-state index >= 15 is 0 Å². The summed E-state index contributed by atoms with van der Waals surface area (Å²) in [5, 5.41) is 6.40. The maximum atomic E-state index is 4.63. The number of nitrogens with one attached hydrogen (secondary N) is 1. The van der Waals surface area contributed by atoms with E-state index in [2.05, 4.69) is 64.6 Å². The summed E-state index contributed by atoms with van der Waals surface area (Å²) < 4.78 is 0. The molecular formula is C13H21N5S. The predicted molar refractivity (Wildman–Crippen MR) is 83.4 cm³/mol. The Morgan fingerprint density at radius 1 is 1.21 bits per heavy atom. The van der Waals surface area contributed by atoms with Gasteiger partial charge in [0.1, 0.15) is 10.6 Å². The van der Waals surface area contributed by atoms with E-state index < -0.39 is 0 Å². The van der Waals surface area contributed by atoms with Gasteiger partial charge in [-0.3, -0.25) is 0 Å². The Labute approximate surface area is 118 Å². The highest BCUT2D eigenvalue weighted by atomic mass is 32.1. The minimum atomic E-state index is 0.712. The third-order valence-corrected chi connectivity index (χ3v) is 3.69. The summed E-state index contributed by atoms with van der Waals surface area (Å²) in [4.78, 5) is 14.6. The van der Waals surface area contributed by atoms with Crippen LogP contribution >= 0.6 is 11.3 Å². The van der Waals surface area contributed by atoms with Crippen molar-refractivity contribution < 1.29 is 0 Å². The number of likely N-dealkylation sites (N-methyl/N-ethyl adjacent to an activating group) is 2. The lowest BCUT2D eigenvalue weighted by atomic mass is 10.3. The number of anilines is 2. The number of aromatic nitrogens is 2. The lowest BCUT2D eigenvalue weighted by Crippen LogP contribution is -2.29. The van der Waals surface area contributed by atoms with Gasteiger partial charge >= 0.3 is 0 Å². The van der Waals surface area contributed by atoms with Gasteiger partial charge in [-0.05, 0) is 32.5 Å². The van der Waals surface area contributed by atoms with E-state index in [1.165, 1.54) is 0 Å². The number of hydrogen-bond acceptors (Lipinski definition) is 6. The zero-order valence-corrected chi connectivity index (χ0v) is 12.8. The van der Waals surface area contributed by atoms with Gasteiger partial charge in [0.15, 0.2) is 0 Å². The zero-order chi connectivity index (χ0) is 13.8. The van der Waals surface area contributed by atoms with E-state index in [1.54, 1.807) is 11.3 Å². The molecule has 0 aliphatic carbocycles. The van der Waals surface area contributed by atoms with Crippen molar-refractivity contribution in [2.45, 2.75) is 6.92 Å². The molecular weight excluding hydrogens is 258 g/mol. The minimum Gasteiger partial charge on any atom is -0.358 e. The monoisotopic (exact) mass is 279 g/mol. The van der Waals surface area contributed by atoms with E-state index in [4.69, 9.17) is 0 Å². The van der Waals surface area contributed by atoms with E-state index in [1.807, 2.05) is 0 Å². The second kappa shape index (κ2) is 6.16. The quantitative estimate of drug-likeness (QED) is 0.877.